The van der Waals surface area contributed by atoms with Crippen molar-refractivity contribution in [2.45, 2.75) is 20.4 Å². The van der Waals surface area contributed by atoms with Gasteiger partial charge in [0, 0.05) is 18.8 Å². The first-order valence-corrected chi connectivity index (χ1v) is 5.64. The minimum absolute atomic E-state index is 0.0687. The maximum atomic E-state index is 11.0. The second kappa shape index (κ2) is 4.87. The van der Waals surface area contributed by atoms with Gasteiger partial charge >= 0.3 is 0 Å². The number of rotatable bonds is 4. The van der Waals surface area contributed by atoms with Gasteiger partial charge in [0.2, 0.25) is 0 Å². The third-order valence-electron chi connectivity index (χ3n) is 2.59. The number of nitrogens with zero attached hydrogens (tertiary/aromatic N) is 3. The lowest BCUT2D eigenvalue weighted by Crippen LogP contribution is -1.97. The fraction of sp³-hybridized carbons (Fsp3) is 0.250. The number of nitrogens with one attached hydrogen (secondary N) is 1. The molecule has 1 heterocycles. The number of aromatic nitrogens is 2. The first kappa shape index (κ1) is 12.1. The number of aryl methyl sites for hydroxylation is 2. The van der Waals surface area contributed by atoms with Crippen molar-refractivity contribution >= 4 is 17.1 Å². The molecule has 6 heteroatoms. The molecule has 94 valence electrons. The molecule has 1 N–H and O–H groups in total. The van der Waals surface area contributed by atoms with Crippen LogP contribution >= 0.6 is 0 Å². The Hall–Kier alpha value is -2.37. The number of hydrogen-bond donors (Lipinski definition) is 1. The van der Waals surface area contributed by atoms with Crippen LogP contribution in [0, 0.1) is 17.0 Å². The number of nitro groups is 1. The van der Waals surface area contributed by atoms with Gasteiger partial charge in [0.25, 0.3) is 5.69 Å². The van der Waals surface area contributed by atoms with E-state index >= 15 is 0 Å². The molecule has 0 aliphatic carbocycles. The van der Waals surface area contributed by atoms with Crippen LogP contribution in [-0.4, -0.2) is 14.7 Å². The van der Waals surface area contributed by atoms with E-state index in [1.165, 1.54) is 0 Å². The predicted octanol–water partition coefficient (Wildman–Crippen LogP) is 2.86. The van der Waals surface area contributed by atoms with E-state index in [9.17, 15) is 10.1 Å². The highest BCUT2D eigenvalue weighted by Crippen LogP contribution is 2.28. The molecule has 0 aliphatic rings. The molecule has 0 aliphatic heterocycles. The lowest BCUT2D eigenvalue weighted by molar-refractivity contribution is -0.384. The monoisotopic (exact) mass is 246 g/mol. The Balaban J connectivity index is 2.30. The van der Waals surface area contributed by atoms with Gasteiger partial charge in [-0.1, -0.05) is 6.07 Å². The van der Waals surface area contributed by atoms with Gasteiger partial charge in [0.05, 0.1) is 16.8 Å². The summed E-state index contributed by atoms with van der Waals surface area (Å²) in [6.07, 6.45) is 3.46. The van der Waals surface area contributed by atoms with E-state index in [2.05, 4.69) is 10.4 Å². The molecule has 2 rings (SSSR count). The van der Waals surface area contributed by atoms with E-state index < -0.39 is 0 Å². The predicted molar refractivity (Wildman–Crippen MR) is 69.0 cm³/mol. The molecule has 0 bridgehead atoms. The van der Waals surface area contributed by atoms with Crippen LogP contribution in [0.3, 0.4) is 0 Å². The lowest BCUT2D eigenvalue weighted by atomic mass is 10.2. The van der Waals surface area contributed by atoms with Gasteiger partial charge in [-0.2, -0.15) is 5.10 Å². The Morgan fingerprint density at radius 3 is 2.89 bits per heavy atom. The Morgan fingerprint density at radius 2 is 2.28 bits per heavy atom. The number of benzene rings is 1. The fourth-order valence-electron chi connectivity index (χ4n) is 1.65. The van der Waals surface area contributed by atoms with Crippen LogP contribution in [-0.2, 0) is 6.54 Å². The third kappa shape index (κ3) is 2.48. The van der Waals surface area contributed by atoms with Gasteiger partial charge in [-0.05, 0) is 25.5 Å². The molecular weight excluding hydrogens is 232 g/mol. The lowest BCUT2D eigenvalue weighted by Gasteiger charge is -2.05. The molecule has 0 amide bonds. The number of nitro benzene ring substituents is 1. The highest BCUT2D eigenvalue weighted by molar-refractivity contribution is 5.69. The Labute approximate surface area is 104 Å². The standard InChI is InChI=1S/C12H14N4O2/c1-3-15-8-10(7-13-15)14-11-5-4-9(2)6-12(11)16(17)18/h4-8,14H,3H2,1-2H3. The van der Waals surface area contributed by atoms with Crippen molar-refractivity contribution in [2.24, 2.45) is 0 Å². The van der Waals surface area contributed by atoms with E-state index in [4.69, 9.17) is 0 Å². The molecule has 0 spiro atoms. The summed E-state index contributed by atoms with van der Waals surface area (Å²) in [5, 5.41) is 18.1. The van der Waals surface area contributed by atoms with Crippen molar-refractivity contribution in [3.05, 3.63) is 46.3 Å². The van der Waals surface area contributed by atoms with Gasteiger partial charge < -0.3 is 5.32 Å². The molecule has 0 atom stereocenters. The molecule has 0 saturated heterocycles. The van der Waals surface area contributed by atoms with Crippen LogP contribution < -0.4 is 5.32 Å². The molecule has 1 aromatic carbocycles. The van der Waals surface area contributed by atoms with Crippen molar-refractivity contribution in [1.29, 1.82) is 0 Å². The summed E-state index contributed by atoms with van der Waals surface area (Å²) in [6.45, 7) is 4.56. The zero-order chi connectivity index (χ0) is 13.1. The van der Waals surface area contributed by atoms with Crippen molar-refractivity contribution in [3.8, 4) is 0 Å². The first-order valence-electron chi connectivity index (χ1n) is 5.64. The third-order valence-corrected chi connectivity index (χ3v) is 2.59. The summed E-state index contributed by atoms with van der Waals surface area (Å²) >= 11 is 0. The highest BCUT2D eigenvalue weighted by Gasteiger charge is 2.14. The minimum atomic E-state index is -0.389. The maximum Gasteiger partial charge on any atom is 0.292 e. The van der Waals surface area contributed by atoms with Crippen LogP contribution in [0.1, 0.15) is 12.5 Å². The van der Waals surface area contributed by atoms with Gasteiger partial charge in [-0.3, -0.25) is 14.8 Å². The SMILES string of the molecule is CCn1cc(Nc2ccc(C)cc2[N+](=O)[O-])cn1. The van der Waals surface area contributed by atoms with Crippen LogP contribution in [0.25, 0.3) is 0 Å². The van der Waals surface area contributed by atoms with Gasteiger partial charge in [0.15, 0.2) is 0 Å². The molecule has 0 saturated carbocycles. The summed E-state index contributed by atoms with van der Waals surface area (Å²) in [4.78, 5) is 10.6. The Bertz CT molecular complexity index is 577. The second-order valence-electron chi connectivity index (χ2n) is 3.99. The largest absolute Gasteiger partial charge is 0.347 e. The van der Waals surface area contributed by atoms with Gasteiger partial charge in [-0.15, -0.1) is 0 Å². The van der Waals surface area contributed by atoms with E-state index in [1.807, 2.05) is 26.1 Å². The molecule has 6 nitrogen and oxygen atoms in total. The van der Waals surface area contributed by atoms with Crippen molar-refractivity contribution in [3.63, 3.8) is 0 Å². The highest BCUT2D eigenvalue weighted by atomic mass is 16.6. The van der Waals surface area contributed by atoms with Crippen LogP contribution in [0.2, 0.25) is 0 Å². The van der Waals surface area contributed by atoms with E-state index in [0.717, 1.165) is 17.8 Å². The number of anilines is 2. The summed E-state index contributed by atoms with van der Waals surface area (Å²) in [6, 6.07) is 5.09. The molecule has 18 heavy (non-hydrogen) atoms. The summed E-state index contributed by atoms with van der Waals surface area (Å²) in [5.41, 5.74) is 2.14. The quantitative estimate of drug-likeness (QED) is 0.665. The normalized spacial score (nSPS) is 10.3. The van der Waals surface area contributed by atoms with Gasteiger partial charge in [0.1, 0.15) is 5.69 Å². The molecule has 2 aromatic rings. The van der Waals surface area contributed by atoms with Crippen LogP contribution in [0.5, 0.6) is 0 Å². The summed E-state index contributed by atoms with van der Waals surface area (Å²) in [5.74, 6) is 0. The fourth-order valence-corrected chi connectivity index (χ4v) is 1.65. The summed E-state index contributed by atoms with van der Waals surface area (Å²) in [7, 11) is 0. The molecule has 0 radical (unpaired) electrons. The first-order chi connectivity index (χ1) is 8.60. The van der Waals surface area contributed by atoms with E-state index in [1.54, 1.807) is 23.0 Å². The van der Waals surface area contributed by atoms with Gasteiger partial charge in [-0.25, -0.2) is 0 Å². The zero-order valence-electron chi connectivity index (χ0n) is 10.3. The number of hydrogen-bond acceptors (Lipinski definition) is 4. The summed E-state index contributed by atoms with van der Waals surface area (Å²) < 4.78 is 1.75. The van der Waals surface area contributed by atoms with Crippen LogP contribution in [0.4, 0.5) is 17.1 Å². The Morgan fingerprint density at radius 1 is 1.50 bits per heavy atom. The smallest absolute Gasteiger partial charge is 0.292 e. The molecular formula is C12H14N4O2. The topological polar surface area (TPSA) is 73.0 Å². The van der Waals surface area contributed by atoms with E-state index in [0.29, 0.717) is 5.69 Å². The Kier molecular flexibility index (Phi) is 3.27. The molecule has 1 aromatic heterocycles. The van der Waals surface area contributed by atoms with Crippen molar-refractivity contribution in [1.82, 2.24) is 9.78 Å². The average Bonchev–Trinajstić information content (AvgIpc) is 2.79. The van der Waals surface area contributed by atoms with Crippen molar-refractivity contribution in [2.75, 3.05) is 5.32 Å². The van der Waals surface area contributed by atoms with E-state index in [-0.39, 0.29) is 10.6 Å². The maximum absolute atomic E-state index is 11.0. The zero-order valence-corrected chi connectivity index (χ0v) is 10.3. The average molecular weight is 246 g/mol. The van der Waals surface area contributed by atoms with Crippen molar-refractivity contribution < 1.29 is 4.92 Å². The second-order valence-corrected chi connectivity index (χ2v) is 3.99. The molecule has 0 fully saturated rings. The molecule has 0 unspecified atom stereocenters. The minimum Gasteiger partial charge on any atom is -0.347 e. The van der Waals surface area contributed by atoms with Crippen LogP contribution in [0.15, 0.2) is 30.6 Å².